The summed E-state index contributed by atoms with van der Waals surface area (Å²) in [5.41, 5.74) is 3.43. The first-order chi connectivity index (χ1) is 9.46. The number of hydrogen-bond donors (Lipinski definition) is 1. The molecule has 1 aromatic carbocycles. The van der Waals surface area contributed by atoms with Crippen LogP contribution in [0.3, 0.4) is 0 Å². The third kappa shape index (κ3) is 4.95. The molecule has 21 heavy (non-hydrogen) atoms. The van der Waals surface area contributed by atoms with Crippen molar-refractivity contribution in [3.8, 4) is 5.75 Å². The first-order valence-corrected chi connectivity index (χ1v) is 8.55. The van der Waals surface area contributed by atoms with Crippen LogP contribution in [0.5, 0.6) is 5.75 Å². The summed E-state index contributed by atoms with van der Waals surface area (Å²) in [7, 11) is -1.87. The number of benzene rings is 1. The van der Waals surface area contributed by atoms with Crippen LogP contribution in [0.25, 0.3) is 0 Å². The van der Waals surface area contributed by atoms with Crippen molar-refractivity contribution < 1.29 is 13.9 Å². The molecule has 0 aliphatic carbocycles. The van der Waals surface area contributed by atoms with Crippen molar-refractivity contribution in [2.75, 3.05) is 6.61 Å². The monoisotopic (exact) mass is 312 g/mol. The first-order valence-electron chi connectivity index (χ1n) is 7.42. The van der Waals surface area contributed by atoms with Gasteiger partial charge < -0.3 is 13.9 Å². The van der Waals surface area contributed by atoms with E-state index in [1.54, 1.807) is 0 Å². The minimum Gasteiger partial charge on any atom is -0.426 e. The van der Waals surface area contributed by atoms with Crippen LogP contribution < -0.4 is 4.52 Å². The summed E-state index contributed by atoms with van der Waals surface area (Å²) in [6.45, 7) is 17.4. The highest BCUT2D eigenvalue weighted by Crippen LogP contribution is 2.44. The number of aryl methyl sites for hydroxylation is 1. The lowest BCUT2D eigenvalue weighted by Gasteiger charge is -2.29. The average Bonchev–Trinajstić information content (AvgIpc) is 2.28. The van der Waals surface area contributed by atoms with Crippen LogP contribution in [-0.4, -0.2) is 11.5 Å². The third-order valence-corrected chi connectivity index (χ3v) is 4.18. The molecule has 0 spiro atoms. The van der Waals surface area contributed by atoms with Crippen LogP contribution in [0, 0.1) is 6.92 Å². The van der Waals surface area contributed by atoms with Gasteiger partial charge in [-0.15, -0.1) is 0 Å². The third-order valence-electron chi connectivity index (χ3n) is 3.36. The molecule has 1 rings (SSSR count). The van der Waals surface area contributed by atoms with E-state index in [0.717, 1.165) is 16.9 Å². The van der Waals surface area contributed by atoms with E-state index in [9.17, 15) is 4.89 Å². The van der Waals surface area contributed by atoms with E-state index in [1.807, 2.05) is 13.8 Å². The maximum Gasteiger partial charge on any atom is 0.394 e. The highest BCUT2D eigenvalue weighted by atomic mass is 31.2. The van der Waals surface area contributed by atoms with Crippen molar-refractivity contribution in [2.24, 2.45) is 0 Å². The Kier molecular flexibility index (Phi) is 5.83. The molecule has 0 saturated heterocycles. The summed E-state index contributed by atoms with van der Waals surface area (Å²) in [6.07, 6.45) is 0. The van der Waals surface area contributed by atoms with Gasteiger partial charge in [-0.2, -0.15) is 0 Å². The van der Waals surface area contributed by atoms with Gasteiger partial charge in [0, 0.05) is 5.56 Å². The van der Waals surface area contributed by atoms with Crippen molar-refractivity contribution in [1.82, 2.24) is 0 Å². The fourth-order valence-corrected chi connectivity index (χ4v) is 2.77. The molecule has 1 atom stereocenters. The molecule has 4 heteroatoms. The van der Waals surface area contributed by atoms with Crippen molar-refractivity contribution in [3.63, 3.8) is 0 Å². The van der Waals surface area contributed by atoms with E-state index in [4.69, 9.17) is 9.05 Å². The van der Waals surface area contributed by atoms with Gasteiger partial charge in [0.05, 0.1) is 6.61 Å². The summed E-state index contributed by atoms with van der Waals surface area (Å²) in [4.78, 5) is 9.87. The predicted molar refractivity (Wildman–Crippen MR) is 90.0 cm³/mol. The zero-order valence-corrected chi connectivity index (χ0v) is 15.5. The quantitative estimate of drug-likeness (QED) is 0.774. The standard InChI is InChI=1S/C17H29O3P/c1-9-19-21(18)20-15-12(2)10-13(16(3,4)5)11-14(15)17(6,7)8/h10-11,18H,9H2,1-8H3. The molecule has 1 unspecified atom stereocenters. The first kappa shape index (κ1) is 18.4. The van der Waals surface area contributed by atoms with Gasteiger partial charge in [-0.3, -0.25) is 0 Å². The Labute approximate surface area is 130 Å². The summed E-state index contributed by atoms with van der Waals surface area (Å²) >= 11 is 0. The molecule has 0 radical (unpaired) electrons. The van der Waals surface area contributed by atoms with E-state index >= 15 is 0 Å². The van der Waals surface area contributed by atoms with Gasteiger partial charge in [0.25, 0.3) is 0 Å². The van der Waals surface area contributed by atoms with Gasteiger partial charge in [0.2, 0.25) is 0 Å². The van der Waals surface area contributed by atoms with Crippen molar-refractivity contribution in [3.05, 3.63) is 28.8 Å². The molecular weight excluding hydrogens is 283 g/mol. The lowest BCUT2D eigenvalue weighted by atomic mass is 9.79. The molecule has 3 nitrogen and oxygen atoms in total. The van der Waals surface area contributed by atoms with E-state index in [2.05, 4.69) is 53.7 Å². The Balaban J connectivity index is 3.36. The Bertz CT molecular complexity index is 484. The molecule has 120 valence electrons. The normalized spacial score (nSPS) is 14.1. The Morgan fingerprint density at radius 1 is 1.05 bits per heavy atom. The predicted octanol–water partition coefficient (Wildman–Crippen LogP) is 5.22. The molecule has 0 heterocycles. The van der Waals surface area contributed by atoms with Crippen LogP contribution in [0.2, 0.25) is 0 Å². The molecule has 0 amide bonds. The molecule has 0 aromatic heterocycles. The number of hydrogen-bond acceptors (Lipinski definition) is 3. The Morgan fingerprint density at radius 2 is 1.62 bits per heavy atom. The molecule has 1 N–H and O–H groups in total. The van der Waals surface area contributed by atoms with Crippen molar-refractivity contribution in [2.45, 2.75) is 66.2 Å². The maximum atomic E-state index is 9.87. The van der Waals surface area contributed by atoms with E-state index < -0.39 is 8.60 Å². The van der Waals surface area contributed by atoms with Crippen LogP contribution in [0.15, 0.2) is 12.1 Å². The van der Waals surface area contributed by atoms with Crippen LogP contribution >= 0.6 is 8.60 Å². The van der Waals surface area contributed by atoms with Crippen LogP contribution in [-0.2, 0) is 15.4 Å². The molecule has 0 bridgehead atoms. The molecule has 0 saturated carbocycles. The number of rotatable bonds is 4. The lowest BCUT2D eigenvalue weighted by Crippen LogP contribution is -2.18. The largest absolute Gasteiger partial charge is 0.426 e. The fourth-order valence-electron chi connectivity index (χ4n) is 2.10. The topological polar surface area (TPSA) is 38.7 Å². The molecule has 1 aromatic rings. The second kappa shape index (κ2) is 6.64. The van der Waals surface area contributed by atoms with Crippen molar-refractivity contribution >= 4 is 8.60 Å². The summed E-state index contributed by atoms with van der Waals surface area (Å²) in [6, 6.07) is 4.33. The highest BCUT2D eigenvalue weighted by Gasteiger charge is 2.26. The summed E-state index contributed by atoms with van der Waals surface area (Å²) in [5.74, 6) is 0.748. The van der Waals surface area contributed by atoms with Gasteiger partial charge in [0.1, 0.15) is 5.75 Å². The van der Waals surface area contributed by atoms with E-state index in [1.165, 1.54) is 5.56 Å². The maximum absolute atomic E-state index is 9.87. The molecule has 0 aliphatic rings. The minimum atomic E-state index is -1.87. The van der Waals surface area contributed by atoms with Crippen molar-refractivity contribution in [1.29, 1.82) is 0 Å². The second-order valence-electron chi connectivity index (χ2n) is 7.42. The Hall–Kier alpha value is -0.630. The molecule has 0 fully saturated rings. The summed E-state index contributed by atoms with van der Waals surface area (Å²) < 4.78 is 10.9. The highest BCUT2D eigenvalue weighted by molar-refractivity contribution is 7.41. The SMILES string of the molecule is CCOP(O)Oc1c(C)cc(C(C)(C)C)cc1C(C)(C)C. The second-order valence-corrected chi connectivity index (χ2v) is 8.33. The van der Waals surface area contributed by atoms with Gasteiger partial charge in [0.15, 0.2) is 0 Å². The summed E-state index contributed by atoms with van der Waals surface area (Å²) in [5, 5.41) is 0. The Morgan fingerprint density at radius 3 is 2.05 bits per heavy atom. The fraction of sp³-hybridized carbons (Fsp3) is 0.647. The van der Waals surface area contributed by atoms with Crippen LogP contribution in [0.1, 0.15) is 65.2 Å². The van der Waals surface area contributed by atoms with E-state index in [0.29, 0.717) is 6.61 Å². The smallest absolute Gasteiger partial charge is 0.394 e. The zero-order valence-electron chi connectivity index (χ0n) is 14.6. The van der Waals surface area contributed by atoms with Crippen LogP contribution in [0.4, 0.5) is 0 Å². The molecular formula is C17H29O3P. The molecule has 0 aliphatic heterocycles. The van der Waals surface area contributed by atoms with Gasteiger partial charge in [-0.05, 0) is 35.8 Å². The van der Waals surface area contributed by atoms with Gasteiger partial charge in [-0.1, -0.05) is 53.7 Å². The van der Waals surface area contributed by atoms with Gasteiger partial charge in [-0.25, -0.2) is 0 Å². The van der Waals surface area contributed by atoms with Gasteiger partial charge >= 0.3 is 8.60 Å². The zero-order chi connectivity index (χ0) is 16.4. The minimum absolute atomic E-state index is 0.0657. The average molecular weight is 312 g/mol. The lowest BCUT2D eigenvalue weighted by molar-refractivity contribution is 0.272. The van der Waals surface area contributed by atoms with E-state index in [-0.39, 0.29) is 10.8 Å².